The van der Waals surface area contributed by atoms with Gasteiger partial charge in [0, 0.05) is 30.1 Å². The number of benzene rings is 2. The van der Waals surface area contributed by atoms with Crippen molar-refractivity contribution in [2.45, 2.75) is 38.5 Å². The Balaban J connectivity index is 1.52. The van der Waals surface area contributed by atoms with Gasteiger partial charge in [0.1, 0.15) is 0 Å². The van der Waals surface area contributed by atoms with Gasteiger partial charge < -0.3 is 9.42 Å². The fourth-order valence-electron chi connectivity index (χ4n) is 3.37. The van der Waals surface area contributed by atoms with Gasteiger partial charge in [-0.3, -0.25) is 4.79 Å². The van der Waals surface area contributed by atoms with Gasteiger partial charge in [-0.25, -0.2) is 0 Å². The van der Waals surface area contributed by atoms with Crippen molar-refractivity contribution in [1.82, 2.24) is 10.1 Å². The zero-order valence-electron chi connectivity index (χ0n) is 15.8. The van der Waals surface area contributed by atoms with E-state index in [0.29, 0.717) is 24.7 Å². The van der Waals surface area contributed by atoms with E-state index in [0.717, 1.165) is 11.3 Å². The van der Waals surface area contributed by atoms with Gasteiger partial charge in [0.15, 0.2) is 5.82 Å². The van der Waals surface area contributed by atoms with E-state index in [4.69, 9.17) is 4.52 Å². The molecule has 0 N–H and O–H groups in total. The predicted octanol–water partition coefficient (Wildman–Crippen LogP) is 4.55. The maximum atomic E-state index is 12.4. The van der Waals surface area contributed by atoms with E-state index in [-0.39, 0.29) is 17.2 Å². The molecule has 5 heteroatoms. The maximum absolute atomic E-state index is 12.4. The highest BCUT2D eigenvalue weighted by molar-refractivity contribution is 5.96. The van der Waals surface area contributed by atoms with Gasteiger partial charge >= 0.3 is 0 Å². The number of hydrogen-bond acceptors (Lipinski definition) is 4. The second kappa shape index (κ2) is 6.65. The summed E-state index contributed by atoms with van der Waals surface area (Å²) in [6.45, 7) is 7.12. The Hall–Kier alpha value is -2.95. The van der Waals surface area contributed by atoms with Gasteiger partial charge in [0.2, 0.25) is 5.91 Å². The molecule has 2 heterocycles. The largest absolute Gasteiger partial charge is 0.334 e. The molecule has 138 valence electrons. The lowest BCUT2D eigenvalue weighted by molar-refractivity contribution is -0.117. The Bertz CT molecular complexity index is 940. The highest BCUT2D eigenvalue weighted by atomic mass is 16.5. The van der Waals surface area contributed by atoms with Crippen LogP contribution in [0.2, 0.25) is 0 Å². The number of hydrogen-bond donors (Lipinski definition) is 0. The first-order valence-corrected chi connectivity index (χ1v) is 9.22. The molecule has 1 atom stereocenters. The molecule has 0 aliphatic carbocycles. The molecule has 27 heavy (non-hydrogen) atoms. The Morgan fingerprint density at radius 1 is 1.04 bits per heavy atom. The summed E-state index contributed by atoms with van der Waals surface area (Å²) in [5, 5.41) is 4.14. The van der Waals surface area contributed by atoms with Crippen LogP contribution in [0.4, 0.5) is 5.69 Å². The van der Waals surface area contributed by atoms with Crippen molar-refractivity contribution in [3.63, 3.8) is 0 Å². The number of nitrogens with zero attached hydrogens (tertiary/aromatic N) is 3. The van der Waals surface area contributed by atoms with E-state index >= 15 is 0 Å². The first kappa shape index (κ1) is 17.5. The minimum atomic E-state index is -0.0518. The number of anilines is 1. The first-order chi connectivity index (χ1) is 12.9. The molecule has 5 nitrogen and oxygen atoms in total. The molecule has 1 aliphatic heterocycles. The summed E-state index contributed by atoms with van der Waals surface area (Å²) in [5.74, 6) is 1.13. The van der Waals surface area contributed by atoms with E-state index in [1.807, 2.05) is 42.5 Å². The lowest BCUT2D eigenvalue weighted by atomic mass is 9.87. The summed E-state index contributed by atoms with van der Waals surface area (Å²) < 4.78 is 5.47. The number of rotatable bonds is 3. The molecule has 1 aliphatic rings. The Kier molecular flexibility index (Phi) is 4.30. The van der Waals surface area contributed by atoms with E-state index in [2.05, 4.69) is 43.0 Å². The summed E-state index contributed by atoms with van der Waals surface area (Å²) in [4.78, 5) is 18.8. The van der Waals surface area contributed by atoms with E-state index in [1.54, 1.807) is 4.90 Å². The lowest BCUT2D eigenvalue weighted by Gasteiger charge is -2.18. The molecule has 1 saturated heterocycles. The van der Waals surface area contributed by atoms with E-state index in [1.165, 1.54) is 5.56 Å². The van der Waals surface area contributed by atoms with Gasteiger partial charge in [-0.15, -0.1) is 0 Å². The summed E-state index contributed by atoms with van der Waals surface area (Å²) >= 11 is 0. The average Bonchev–Trinajstić information content (AvgIpc) is 3.29. The van der Waals surface area contributed by atoms with Crippen LogP contribution in [-0.2, 0) is 10.2 Å². The lowest BCUT2D eigenvalue weighted by Crippen LogP contribution is -2.24. The zero-order chi connectivity index (χ0) is 19.0. The molecule has 1 fully saturated rings. The Morgan fingerprint density at radius 3 is 2.41 bits per heavy atom. The molecule has 1 unspecified atom stereocenters. The third-order valence-corrected chi connectivity index (χ3v) is 5.00. The standard InChI is InChI=1S/C22H23N3O2/c1-22(2,3)17-11-9-15(10-12-17)21-23-20(24-27-21)16-13-19(26)25(14-16)18-7-5-4-6-8-18/h4-12,16H,13-14H2,1-3H3. The molecule has 1 aromatic heterocycles. The topological polar surface area (TPSA) is 59.2 Å². The number of carbonyl (C=O) groups is 1. The van der Waals surface area contributed by atoms with Crippen molar-refractivity contribution >= 4 is 11.6 Å². The van der Waals surface area contributed by atoms with E-state index < -0.39 is 0 Å². The molecular weight excluding hydrogens is 338 g/mol. The van der Waals surface area contributed by atoms with Gasteiger partial charge in [0.25, 0.3) is 5.89 Å². The molecular formula is C22H23N3O2. The van der Waals surface area contributed by atoms with Crippen LogP contribution in [0.5, 0.6) is 0 Å². The molecule has 0 radical (unpaired) electrons. The Labute approximate surface area is 159 Å². The van der Waals surface area contributed by atoms with Crippen LogP contribution >= 0.6 is 0 Å². The van der Waals surface area contributed by atoms with Gasteiger partial charge in [0.05, 0.1) is 0 Å². The van der Waals surface area contributed by atoms with Gasteiger partial charge in [-0.2, -0.15) is 4.98 Å². The summed E-state index contributed by atoms with van der Waals surface area (Å²) in [6, 6.07) is 17.9. The predicted molar refractivity (Wildman–Crippen MR) is 105 cm³/mol. The molecule has 4 rings (SSSR count). The molecule has 0 spiro atoms. The summed E-state index contributed by atoms with van der Waals surface area (Å²) in [7, 11) is 0. The number of amides is 1. The molecule has 0 saturated carbocycles. The monoisotopic (exact) mass is 361 g/mol. The normalized spacial score (nSPS) is 17.5. The highest BCUT2D eigenvalue weighted by Gasteiger charge is 2.34. The second-order valence-electron chi connectivity index (χ2n) is 8.03. The van der Waals surface area contributed by atoms with Crippen LogP contribution in [0, 0.1) is 0 Å². The van der Waals surface area contributed by atoms with Crippen LogP contribution in [0.1, 0.15) is 44.5 Å². The summed E-state index contributed by atoms with van der Waals surface area (Å²) in [5.41, 5.74) is 3.16. The smallest absolute Gasteiger partial charge is 0.257 e. The fraction of sp³-hybridized carbons (Fsp3) is 0.318. The minimum Gasteiger partial charge on any atom is -0.334 e. The summed E-state index contributed by atoms with van der Waals surface area (Å²) in [6.07, 6.45) is 0.400. The van der Waals surface area contributed by atoms with E-state index in [9.17, 15) is 4.79 Å². The second-order valence-corrected chi connectivity index (χ2v) is 8.03. The first-order valence-electron chi connectivity index (χ1n) is 9.22. The zero-order valence-corrected chi connectivity index (χ0v) is 15.8. The Morgan fingerprint density at radius 2 is 1.74 bits per heavy atom. The molecule has 0 bridgehead atoms. The SMILES string of the molecule is CC(C)(C)c1ccc(-c2nc(C3CC(=O)N(c4ccccc4)C3)no2)cc1. The van der Waals surface area contributed by atoms with Crippen LogP contribution < -0.4 is 4.90 Å². The van der Waals surface area contributed by atoms with Crippen molar-refractivity contribution < 1.29 is 9.32 Å². The van der Waals surface area contributed by atoms with Crippen molar-refractivity contribution in [2.24, 2.45) is 0 Å². The van der Waals surface area contributed by atoms with Crippen LogP contribution in [0.15, 0.2) is 59.1 Å². The van der Waals surface area contributed by atoms with Crippen molar-refractivity contribution in [3.8, 4) is 11.5 Å². The number of carbonyl (C=O) groups excluding carboxylic acids is 1. The van der Waals surface area contributed by atoms with Crippen molar-refractivity contribution in [3.05, 3.63) is 66.0 Å². The molecule has 2 aromatic carbocycles. The highest BCUT2D eigenvalue weighted by Crippen LogP contribution is 2.32. The van der Waals surface area contributed by atoms with Crippen LogP contribution in [0.3, 0.4) is 0 Å². The number of aromatic nitrogens is 2. The third-order valence-electron chi connectivity index (χ3n) is 5.00. The van der Waals surface area contributed by atoms with Crippen molar-refractivity contribution in [1.29, 1.82) is 0 Å². The number of para-hydroxylation sites is 1. The minimum absolute atomic E-state index is 0.0518. The van der Waals surface area contributed by atoms with Gasteiger partial charge in [-0.05, 0) is 35.2 Å². The molecule has 1 amide bonds. The fourth-order valence-corrected chi connectivity index (χ4v) is 3.37. The quantitative estimate of drug-likeness (QED) is 0.686. The van der Waals surface area contributed by atoms with Crippen LogP contribution in [-0.4, -0.2) is 22.6 Å². The third kappa shape index (κ3) is 3.50. The van der Waals surface area contributed by atoms with Crippen LogP contribution in [0.25, 0.3) is 11.5 Å². The maximum Gasteiger partial charge on any atom is 0.257 e. The van der Waals surface area contributed by atoms with Crippen molar-refractivity contribution in [2.75, 3.05) is 11.4 Å². The molecule has 3 aromatic rings. The average molecular weight is 361 g/mol. The van der Waals surface area contributed by atoms with Gasteiger partial charge in [-0.1, -0.05) is 56.3 Å².